The molecule has 0 amide bonds. The molecule has 24 heavy (non-hydrogen) atoms. The molecule has 0 N–H and O–H groups in total. The fraction of sp³-hybridized carbons (Fsp3) is 0.636. The highest BCUT2D eigenvalue weighted by Crippen LogP contribution is 2.42. The zero-order valence-corrected chi connectivity index (χ0v) is 15.3. The zero-order chi connectivity index (χ0) is 16.5. The topological polar surface area (TPSA) is 6.48 Å². The van der Waals surface area contributed by atoms with Crippen LogP contribution in [-0.4, -0.2) is 41.5 Å². The molecule has 1 aromatic carbocycles. The van der Waals surface area contributed by atoms with Gasteiger partial charge in [0.25, 0.3) is 0 Å². The first-order valence-electron chi connectivity index (χ1n) is 9.94. The van der Waals surface area contributed by atoms with Gasteiger partial charge in [-0.1, -0.05) is 36.4 Å². The van der Waals surface area contributed by atoms with Gasteiger partial charge in [0.15, 0.2) is 0 Å². The van der Waals surface area contributed by atoms with Crippen LogP contribution >= 0.6 is 0 Å². The third kappa shape index (κ3) is 3.45. The van der Waals surface area contributed by atoms with Crippen molar-refractivity contribution >= 4 is 0 Å². The Bertz CT molecular complexity index is 552. The van der Waals surface area contributed by atoms with Crippen molar-refractivity contribution < 1.29 is 0 Å². The fourth-order valence-corrected chi connectivity index (χ4v) is 4.80. The monoisotopic (exact) mass is 324 g/mol. The summed E-state index contributed by atoms with van der Waals surface area (Å²) in [5.41, 5.74) is 3.05. The van der Waals surface area contributed by atoms with Crippen molar-refractivity contribution in [3.63, 3.8) is 0 Å². The third-order valence-corrected chi connectivity index (χ3v) is 6.48. The van der Waals surface area contributed by atoms with Crippen molar-refractivity contribution in [3.8, 4) is 0 Å². The van der Waals surface area contributed by atoms with Crippen LogP contribution in [0.4, 0.5) is 0 Å². The highest BCUT2D eigenvalue weighted by Gasteiger charge is 2.34. The smallest absolute Gasteiger partial charge is 0.0256 e. The van der Waals surface area contributed by atoms with Crippen molar-refractivity contribution in [3.05, 3.63) is 47.5 Å². The second-order valence-electron chi connectivity index (χ2n) is 8.32. The highest BCUT2D eigenvalue weighted by atomic mass is 15.2. The van der Waals surface area contributed by atoms with E-state index >= 15 is 0 Å². The highest BCUT2D eigenvalue weighted by molar-refractivity contribution is 5.27. The third-order valence-electron chi connectivity index (χ3n) is 6.48. The van der Waals surface area contributed by atoms with E-state index in [9.17, 15) is 0 Å². The minimum absolute atomic E-state index is 0.629. The molecular formula is C22H32N2. The molecule has 0 radical (unpaired) electrons. The molecule has 0 spiro atoms. The van der Waals surface area contributed by atoms with Gasteiger partial charge in [-0.25, -0.2) is 0 Å². The maximum absolute atomic E-state index is 2.65. The van der Waals surface area contributed by atoms with Gasteiger partial charge in [-0.15, -0.1) is 0 Å². The summed E-state index contributed by atoms with van der Waals surface area (Å²) in [6.45, 7) is 9.65. The van der Waals surface area contributed by atoms with Gasteiger partial charge in [-0.05, 0) is 75.6 Å². The molecule has 2 heterocycles. The van der Waals surface area contributed by atoms with Gasteiger partial charge in [0.2, 0.25) is 0 Å². The van der Waals surface area contributed by atoms with Crippen molar-refractivity contribution in [1.29, 1.82) is 0 Å². The molecule has 3 aliphatic rings. The average molecular weight is 325 g/mol. The lowest BCUT2D eigenvalue weighted by molar-refractivity contribution is 0.135. The van der Waals surface area contributed by atoms with E-state index < -0.39 is 0 Å². The fourth-order valence-electron chi connectivity index (χ4n) is 4.80. The predicted molar refractivity (Wildman–Crippen MR) is 101 cm³/mol. The number of hydrogen-bond donors (Lipinski definition) is 0. The van der Waals surface area contributed by atoms with Crippen molar-refractivity contribution in [1.82, 2.24) is 9.80 Å². The summed E-state index contributed by atoms with van der Waals surface area (Å²) in [4.78, 5) is 5.24. The molecule has 4 rings (SSSR count). The van der Waals surface area contributed by atoms with Crippen LogP contribution in [0.2, 0.25) is 0 Å². The first-order valence-corrected chi connectivity index (χ1v) is 9.94. The first kappa shape index (κ1) is 16.4. The second kappa shape index (κ2) is 7.01. The Hall–Kier alpha value is -1.12. The van der Waals surface area contributed by atoms with Crippen LogP contribution < -0.4 is 0 Å². The van der Waals surface area contributed by atoms with Crippen LogP contribution in [-0.2, 0) is 6.54 Å². The second-order valence-corrected chi connectivity index (χ2v) is 8.32. The number of likely N-dealkylation sites (tertiary alicyclic amines) is 1. The number of nitrogens with zero attached hydrogens (tertiary/aromatic N) is 2. The molecule has 130 valence electrons. The Morgan fingerprint density at radius 2 is 1.54 bits per heavy atom. The summed E-state index contributed by atoms with van der Waals surface area (Å²) in [5.74, 6) is 1.70. The van der Waals surface area contributed by atoms with E-state index in [2.05, 4.69) is 60.1 Å². The van der Waals surface area contributed by atoms with Crippen LogP contribution in [0.3, 0.4) is 0 Å². The van der Waals surface area contributed by atoms with E-state index in [1.165, 1.54) is 50.9 Å². The molecule has 2 atom stereocenters. The van der Waals surface area contributed by atoms with Crippen LogP contribution in [0.25, 0.3) is 0 Å². The van der Waals surface area contributed by atoms with Crippen LogP contribution in [0.15, 0.2) is 36.4 Å². The molecule has 2 nitrogen and oxygen atoms in total. The summed E-state index contributed by atoms with van der Waals surface area (Å²) in [5, 5.41) is 0. The van der Waals surface area contributed by atoms with Crippen LogP contribution in [0.1, 0.15) is 56.6 Å². The van der Waals surface area contributed by atoms with Gasteiger partial charge < -0.3 is 0 Å². The molecule has 2 fully saturated rings. The molecule has 2 aliphatic heterocycles. The predicted octanol–water partition coefficient (Wildman–Crippen LogP) is 4.42. The van der Waals surface area contributed by atoms with E-state index in [1.54, 1.807) is 5.56 Å². The van der Waals surface area contributed by atoms with Gasteiger partial charge >= 0.3 is 0 Å². The maximum atomic E-state index is 2.65. The molecule has 1 aliphatic carbocycles. The lowest BCUT2D eigenvalue weighted by atomic mass is 9.71. The minimum Gasteiger partial charge on any atom is -0.299 e. The van der Waals surface area contributed by atoms with Crippen molar-refractivity contribution in [2.24, 2.45) is 5.92 Å². The number of hydrogen-bond acceptors (Lipinski definition) is 2. The Morgan fingerprint density at radius 1 is 0.917 bits per heavy atom. The van der Waals surface area contributed by atoms with E-state index in [-0.39, 0.29) is 0 Å². The SMILES string of the molecule is CC1C=CC(C)N1C[C@H]1C[C@H](c2ccc(CN3CCCC3)cc2)C1. The van der Waals surface area contributed by atoms with Crippen LogP contribution in [0, 0.1) is 5.92 Å². The molecular weight excluding hydrogens is 292 g/mol. The lowest BCUT2D eigenvalue weighted by Gasteiger charge is -2.40. The standard InChI is InChI=1S/C22H32N2/c1-17-5-6-18(2)24(17)16-20-13-22(14-20)21-9-7-19(8-10-21)15-23-11-3-4-12-23/h5-10,17-18,20,22H,3-4,11-16H2,1-2H3/t17?,18?,20-,22-. The van der Waals surface area contributed by atoms with E-state index in [0.717, 1.165) is 18.4 Å². The largest absolute Gasteiger partial charge is 0.299 e. The zero-order valence-electron chi connectivity index (χ0n) is 15.3. The van der Waals surface area contributed by atoms with Gasteiger partial charge in [0, 0.05) is 25.2 Å². The van der Waals surface area contributed by atoms with E-state index in [1.807, 2.05) is 0 Å². The van der Waals surface area contributed by atoms with Crippen molar-refractivity contribution in [2.75, 3.05) is 19.6 Å². The van der Waals surface area contributed by atoms with Crippen molar-refractivity contribution in [2.45, 2.75) is 64.1 Å². The molecule has 0 aromatic heterocycles. The van der Waals surface area contributed by atoms with E-state index in [0.29, 0.717) is 12.1 Å². The quantitative estimate of drug-likeness (QED) is 0.740. The Balaban J connectivity index is 1.26. The molecule has 1 saturated heterocycles. The minimum atomic E-state index is 0.629. The first-order chi connectivity index (χ1) is 11.7. The van der Waals surface area contributed by atoms with Gasteiger partial charge in [0.05, 0.1) is 0 Å². The number of benzene rings is 1. The lowest BCUT2D eigenvalue weighted by Crippen LogP contribution is -2.41. The molecule has 1 aromatic rings. The Labute approximate surface area is 147 Å². The Morgan fingerprint density at radius 3 is 2.17 bits per heavy atom. The van der Waals surface area contributed by atoms with E-state index in [4.69, 9.17) is 0 Å². The Kier molecular flexibility index (Phi) is 4.78. The summed E-state index contributed by atoms with van der Waals surface area (Å²) in [6, 6.07) is 10.8. The van der Waals surface area contributed by atoms with Gasteiger partial charge in [0.1, 0.15) is 0 Å². The average Bonchev–Trinajstić information content (AvgIpc) is 3.15. The normalized spacial score (nSPS) is 33.9. The molecule has 2 unspecified atom stereocenters. The molecule has 0 bridgehead atoms. The maximum Gasteiger partial charge on any atom is 0.0256 e. The van der Waals surface area contributed by atoms with Gasteiger partial charge in [-0.3, -0.25) is 9.80 Å². The summed E-state index contributed by atoms with van der Waals surface area (Å²) < 4.78 is 0. The number of rotatable bonds is 5. The summed E-state index contributed by atoms with van der Waals surface area (Å²) in [6.07, 6.45) is 10.2. The molecule has 2 heteroatoms. The summed E-state index contributed by atoms with van der Waals surface area (Å²) >= 11 is 0. The summed E-state index contributed by atoms with van der Waals surface area (Å²) in [7, 11) is 0. The van der Waals surface area contributed by atoms with Gasteiger partial charge in [-0.2, -0.15) is 0 Å². The van der Waals surface area contributed by atoms with Crippen LogP contribution in [0.5, 0.6) is 0 Å². The molecule has 1 saturated carbocycles.